The predicted molar refractivity (Wildman–Crippen MR) is 73.4 cm³/mol. The fourth-order valence-electron chi connectivity index (χ4n) is 2.97. The summed E-state index contributed by atoms with van der Waals surface area (Å²) < 4.78 is 1.26. The molecule has 0 aliphatic heterocycles. The summed E-state index contributed by atoms with van der Waals surface area (Å²) in [6.07, 6.45) is 5.97. The Morgan fingerprint density at radius 2 is 2.06 bits per heavy atom. The highest BCUT2D eigenvalue weighted by Gasteiger charge is 2.21. The van der Waals surface area contributed by atoms with Crippen molar-refractivity contribution in [3.05, 3.63) is 35.2 Å². The number of thiophene rings is 1. The van der Waals surface area contributed by atoms with Gasteiger partial charge in [-0.05, 0) is 34.7 Å². The monoisotopic (exact) mass is 246 g/mol. The Hall–Kier alpha value is -0.860. The third-order valence-electron chi connectivity index (χ3n) is 3.90. The van der Waals surface area contributed by atoms with E-state index in [-0.39, 0.29) is 6.10 Å². The first kappa shape index (κ1) is 11.2. The fraction of sp³-hybridized carbons (Fsp3) is 0.467. The summed E-state index contributed by atoms with van der Waals surface area (Å²) in [7, 11) is 0. The van der Waals surface area contributed by atoms with E-state index in [9.17, 15) is 5.11 Å². The van der Waals surface area contributed by atoms with Gasteiger partial charge in [-0.2, -0.15) is 0 Å². The molecule has 2 heteroatoms. The first-order chi connectivity index (χ1) is 8.34. The van der Waals surface area contributed by atoms with Crippen LogP contribution in [-0.2, 0) is 0 Å². The Kier molecular flexibility index (Phi) is 3.17. The second-order valence-electron chi connectivity index (χ2n) is 5.09. The zero-order valence-corrected chi connectivity index (χ0v) is 10.7. The molecule has 1 atom stereocenters. The van der Waals surface area contributed by atoms with Crippen molar-refractivity contribution in [1.29, 1.82) is 0 Å². The number of aliphatic hydroxyl groups excluding tert-OH is 1. The molecule has 1 nitrogen and oxygen atoms in total. The van der Waals surface area contributed by atoms with Crippen molar-refractivity contribution >= 4 is 21.4 Å². The van der Waals surface area contributed by atoms with Crippen molar-refractivity contribution in [3.63, 3.8) is 0 Å². The van der Waals surface area contributed by atoms with E-state index in [1.54, 1.807) is 11.3 Å². The number of hydrogen-bond acceptors (Lipinski definition) is 2. The van der Waals surface area contributed by atoms with E-state index in [4.69, 9.17) is 0 Å². The molecule has 1 saturated carbocycles. The van der Waals surface area contributed by atoms with Crippen molar-refractivity contribution in [1.82, 2.24) is 0 Å². The van der Waals surface area contributed by atoms with E-state index >= 15 is 0 Å². The molecule has 1 aliphatic rings. The summed E-state index contributed by atoms with van der Waals surface area (Å²) >= 11 is 1.74. The Morgan fingerprint density at radius 3 is 2.88 bits per heavy atom. The second-order valence-corrected chi connectivity index (χ2v) is 6.00. The zero-order chi connectivity index (χ0) is 11.7. The molecule has 1 unspecified atom stereocenters. The van der Waals surface area contributed by atoms with Gasteiger partial charge in [0.15, 0.2) is 0 Å². The van der Waals surface area contributed by atoms with Gasteiger partial charge in [-0.15, -0.1) is 11.3 Å². The highest BCUT2D eigenvalue weighted by atomic mass is 32.1. The van der Waals surface area contributed by atoms with Crippen LogP contribution in [0, 0.1) is 5.92 Å². The van der Waals surface area contributed by atoms with E-state index in [0.717, 1.165) is 17.9 Å². The van der Waals surface area contributed by atoms with E-state index in [1.165, 1.54) is 35.8 Å². The van der Waals surface area contributed by atoms with Gasteiger partial charge in [-0.25, -0.2) is 0 Å². The van der Waals surface area contributed by atoms with Crippen LogP contribution in [0.5, 0.6) is 0 Å². The molecule has 1 heterocycles. The van der Waals surface area contributed by atoms with Gasteiger partial charge in [0.25, 0.3) is 0 Å². The largest absolute Gasteiger partial charge is 0.388 e. The maximum atomic E-state index is 10.4. The van der Waals surface area contributed by atoms with Crippen LogP contribution in [0.2, 0.25) is 0 Å². The Bertz CT molecular complexity index is 496. The second kappa shape index (κ2) is 4.79. The van der Waals surface area contributed by atoms with E-state index in [0.29, 0.717) is 0 Å². The minimum Gasteiger partial charge on any atom is -0.388 e. The van der Waals surface area contributed by atoms with E-state index < -0.39 is 0 Å². The lowest BCUT2D eigenvalue weighted by molar-refractivity contribution is 0.146. The van der Waals surface area contributed by atoms with Crippen LogP contribution >= 0.6 is 11.3 Å². The molecule has 2 aromatic rings. The Balaban J connectivity index is 1.84. The van der Waals surface area contributed by atoms with Gasteiger partial charge < -0.3 is 5.11 Å². The lowest BCUT2D eigenvalue weighted by Gasteiger charge is -2.16. The predicted octanol–water partition coefficient (Wildman–Crippen LogP) is 4.52. The summed E-state index contributed by atoms with van der Waals surface area (Å²) in [5, 5.41) is 13.8. The Labute approximate surface area is 106 Å². The van der Waals surface area contributed by atoms with Crippen LogP contribution in [0.15, 0.2) is 29.6 Å². The van der Waals surface area contributed by atoms with Crippen LogP contribution in [0.4, 0.5) is 0 Å². The maximum absolute atomic E-state index is 10.4. The number of rotatable bonds is 3. The van der Waals surface area contributed by atoms with Gasteiger partial charge >= 0.3 is 0 Å². The Morgan fingerprint density at radius 1 is 1.24 bits per heavy atom. The fourth-order valence-corrected chi connectivity index (χ4v) is 3.93. The van der Waals surface area contributed by atoms with Gasteiger partial charge in [0.2, 0.25) is 0 Å². The molecule has 0 radical (unpaired) electrons. The van der Waals surface area contributed by atoms with Gasteiger partial charge in [-0.1, -0.05) is 43.9 Å². The molecule has 17 heavy (non-hydrogen) atoms. The molecular formula is C15H18OS. The lowest BCUT2D eigenvalue weighted by atomic mass is 9.95. The molecule has 0 spiro atoms. The highest BCUT2D eigenvalue weighted by molar-refractivity contribution is 7.17. The number of hydrogen-bond donors (Lipinski definition) is 1. The molecule has 1 aromatic carbocycles. The topological polar surface area (TPSA) is 20.2 Å². The van der Waals surface area contributed by atoms with Crippen molar-refractivity contribution in [2.24, 2.45) is 5.92 Å². The molecule has 0 amide bonds. The van der Waals surface area contributed by atoms with Crippen molar-refractivity contribution in [3.8, 4) is 0 Å². The first-order valence-electron chi connectivity index (χ1n) is 6.49. The number of fused-ring (bicyclic) bond motifs is 1. The van der Waals surface area contributed by atoms with Crippen molar-refractivity contribution < 1.29 is 5.11 Å². The summed E-state index contributed by atoms with van der Waals surface area (Å²) in [5.74, 6) is 0.736. The minimum atomic E-state index is -0.277. The zero-order valence-electron chi connectivity index (χ0n) is 9.93. The molecule has 0 bridgehead atoms. The quantitative estimate of drug-likeness (QED) is 0.844. The van der Waals surface area contributed by atoms with Crippen LogP contribution < -0.4 is 0 Å². The highest BCUT2D eigenvalue weighted by Crippen LogP contribution is 2.36. The maximum Gasteiger partial charge on any atom is 0.0806 e. The van der Waals surface area contributed by atoms with Crippen LogP contribution in [-0.4, -0.2) is 5.11 Å². The third kappa shape index (κ3) is 2.24. The molecule has 1 aliphatic carbocycles. The van der Waals surface area contributed by atoms with Crippen LogP contribution in [0.1, 0.15) is 43.8 Å². The minimum absolute atomic E-state index is 0.277. The molecule has 1 fully saturated rings. The van der Waals surface area contributed by atoms with E-state index in [2.05, 4.69) is 29.6 Å². The van der Waals surface area contributed by atoms with E-state index in [1.807, 2.05) is 0 Å². The summed E-state index contributed by atoms with van der Waals surface area (Å²) in [5.41, 5.74) is 1.13. The van der Waals surface area contributed by atoms with Gasteiger partial charge in [0, 0.05) is 4.70 Å². The molecule has 1 aromatic heterocycles. The van der Waals surface area contributed by atoms with Crippen LogP contribution in [0.3, 0.4) is 0 Å². The summed E-state index contributed by atoms with van der Waals surface area (Å²) in [4.78, 5) is 0. The van der Waals surface area contributed by atoms with Gasteiger partial charge in [-0.3, -0.25) is 0 Å². The number of aliphatic hydroxyl groups is 1. The SMILES string of the molecule is OC(CC1CCCC1)c1cccc2ccsc12. The lowest BCUT2D eigenvalue weighted by Crippen LogP contribution is -2.04. The third-order valence-corrected chi connectivity index (χ3v) is 4.88. The van der Waals surface area contributed by atoms with Gasteiger partial charge in [0.1, 0.15) is 0 Å². The van der Waals surface area contributed by atoms with Gasteiger partial charge in [0.05, 0.1) is 6.10 Å². The molecular weight excluding hydrogens is 228 g/mol. The molecule has 1 N–H and O–H groups in total. The normalized spacial score (nSPS) is 18.9. The summed E-state index contributed by atoms with van der Waals surface area (Å²) in [6.45, 7) is 0. The smallest absolute Gasteiger partial charge is 0.0806 e. The molecule has 90 valence electrons. The summed E-state index contributed by atoms with van der Waals surface area (Å²) in [6, 6.07) is 8.39. The van der Waals surface area contributed by atoms with Crippen molar-refractivity contribution in [2.45, 2.75) is 38.2 Å². The average molecular weight is 246 g/mol. The number of benzene rings is 1. The molecule has 0 saturated heterocycles. The first-order valence-corrected chi connectivity index (χ1v) is 7.37. The molecule has 3 rings (SSSR count). The van der Waals surface area contributed by atoms with Crippen LogP contribution in [0.25, 0.3) is 10.1 Å². The average Bonchev–Trinajstić information content (AvgIpc) is 2.97. The van der Waals surface area contributed by atoms with Crippen molar-refractivity contribution in [2.75, 3.05) is 0 Å². The standard InChI is InChI=1S/C15H18OS/c16-14(10-11-4-1-2-5-11)13-7-3-6-12-8-9-17-15(12)13/h3,6-9,11,14,16H,1-2,4-5,10H2.